The van der Waals surface area contributed by atoms with Crippen LogP contribution in [0.15, 0.2) is 24.3 Å². The SMILES string of the molecule is CSCCOC(=O)[C@@H]1CCOc2ccccc21. The Labute approximate surface area is 105 Å². The summed E-state index contributed by atoms with van der Waals surface area (Å²) in [5.74, 6) is 1.36. The minimum absolute atomic E-state index is 0.130. The molecule has 0 saturated heterocycles. The van der Waals surface area contributed by atoms with E-state index in [0.29, 0.717) is 19.6 Å². The second-order valence-corrected chi connectivity index (χ2v) is 4.87. The van der Waals surface area contributed by atoms with Crippen LogP contribution in [0.5, 0.6) is 5.75 Å². The van der Waals surface area contributed by atoms with Crippen molar-refractivity contribution in [2.24, 2.45) is 0 Å². The first-order valence-corrected chi connectivity index (χ1v) is 7.09. The van der Waals surface area contributed by atoms with E-state index in [9.17, 15) is 4.79 Å². The van der Waals surface area contributed by atoms with Crippen molar-refractivity contribution in [1.82, 2.24) is 0 Å². The molecule has 0 aliphatic carbocycles. The lowest BCUT2D eigenvalue weighted by molar-refractivity contribution is -0.145. The Morgan fingerprint density at radius 3 is 3.18 bits per heavy atom. The number of hydrogen-bond donors (Lipinski definition) is 0. The quantitative estimate of drug-likeness (QED) is 0.609. The molecule has 1 aromatic rings. The first-order valence-electron chi connectivity index (χ1n) is 5.70. The molecule has 0 amide bonds. The number of para-hydroxylation sites is 1. The maximum Gasteiger partial charge on any atom is 0.313 e. The van der Waals surface area contributed by atoms with Crippen LogP contribution in [0.25, 0.3) is 0 Å². The van der Waals surface area contributed by atoms with Crippen molar-refractivity contribution in [3.63, 3.8) is 0 Å². The molecule has 1 aliphatic heterocycles. The van der Waals surface area contributed by atoms with Gasteiger partial charge in [0, 0.05) is 11.3 Å². The molecular formula is C13H16O3S. The Bertz CT molecular complexity index is 392. The number of rotatable bonds is 4. The number of ether oxygens (including phenoxy) is 2. The summed E-state index contributed by atoms with van der Waals surface area (Å²) in [6, 6.07) is 7.68. The molecule has 0 spiro atoms. The lowest BCUT2D eigenvalue weighted by atomic mass is 9.93. The van der Waals surface area contributed by atoms with Crippen molar-refractivity contribution in [3.8, 4) is 5.75 Å². The van der Waals surface area contributed by atoms with E-state index in [1.807, 2.05) is 30.5 Å². The number of carbonyl (C=O) groups excluding carboxylic acids is 1. The Balaban J connectivity index is 2.05. The van der Waals surface area contributed by atoms with Gasteiger partial charge in [-0.1, -0.05) is 18.2 Å². The van der Waals surface area contributed by atoms with Crippen LogP contribution in [0.4, 0.5) is 0 Å². The van der Waals surface area contributed by atoms with Gasteiger partial charge >= 0.3 is 5.97 Å². The molecule has 0 aromatic heterocycles. The van der Waals surface area contributed by atoms with Gasteiger partial charge in [-0.15, -0.1) is 0 Å². The lowest BCUT2D eigenvalue weighted by Crippen LogP contribution is -2.23. The lowest BCUT2D eigenvalue weighted by Gasteiger charge is -2.24. The predicted molar refractivity (Wildman–Crippen MR) is 68.6 cm³/mol. The highest BCUT2D eigenvalue weighted by molar-refractivity contribution is 7.98. The first kappa shape index (κ1) is 12.3. The van der Waals surface area contributed by atoms with E-state index in [1.165, 1.54) is 0 Å². The summed E-state index contributed by atoms with van der Waals surface area (Å²) in [5.41, 5.74) is 0.952. The number of benzene rings is 1. The summed E-state index contributed by atoms with van der Waals surface area (Å²) in [4.78, 5) is 11.9. The van der Waals surface area contributed by atoms with Crippen LogP contribution >= 0.6 is 11.8 Å². The number of esters is 1. The third-order valence-electron chi connectivity index (χ3n) is 2.77. The number of thioether (sulfide) groups is 1. The number of hydrogen-bond acceptors (Lipinski definition) is 4. The molecular weight excluding hydrogens is 236 g/mol. The molecule has 17 heavy (non-hydrogen) atoms. The minimum Gasteiger partial charge on any atom is -0.493 e. The molecule has 4 heteroatoms. The second-order valence-electron chi connectivity index (χ2n) is 3.89. The summed E-state index contributed by atoms with van der Waals surface area (Å²) in [7, 11) is 0. The molecule has 2 rings (SSSR count). The molecule has 0 bridgehead atoms. The van der Waals surface area contributed by atoms with Gasteiger partial charge in [0.1, 0.15) is 12.4 Å². The highest BCUT2D eigenvalue weighted by Gasteiger charge is 2.28. The maximum absolute atomic E-state index is 11.9. The molecule has 1 aromatic carbocycles. The summed E-state index contributed by atoms with van der Waals surface area (Å²) >= 11 is 1.67. The third-order valence-corrected chi connectivity index (χ3v) is 3.35. The zero-order valence-corrected chi connectivity index (χ0v) is 10.7. The molecule has 0 fully saturated rings. The van der Waals surface area contributed by atoms with E-state index in [0.717, 1.165) is 17.1 Å². The predicted octanol–water partition coefficient (Wildman–Crippen LogP) is 2.46. The van der Waals surface area contributed by atoms with Crippen molar-refractivity contribution in [2.75, 3.05) is 25.2 Å². The average Bonchev–Trinajstić information content (AvgIpc) is 2.38. The summed E-state index contributed by atoms with van der Waals surface area (Å²) in [6.07, 6.45) is 2.70. The van der Waals surface area contributed by atoms with Crippen molar-refractivity contribution < 1.29 is 14.3 Å². The average molecular weight is 252 g/mol. The highest BCUT2D eigenvalue weighted by atomic mass is 32.2. The smallest absolute Gasteiger partial charge is 0.313 e. The van der Waals surface area contributed by atoms with Crippen LogP contribution in [-0.4, -0.2) is 31.2 Å². The third kappa shape index (κ3) is 2.94. The van der Waals surface area contributed by atoms with Gasteiger partial charge in [0.05, 0.1) is 12.5 Å². The Kier molecular flexibility index (Phi) is 4.31. The largest absolute Gasteiger partial charge is 0.493 e. The first-order chi connectivity index (χ1) is 8.33. The van der Waals surface area contributed by atoms with Gasteiger partial charge in [0.25, 0.3) is 0 Å². The van der Waals surface area contributed by atoms with Crippen molar-refractivity contribution >= 4 is 17.7 Å². The minimum atomic E-state index is -0.165. The fraction of sp³-hybridized carbons (Fsp3) is 0.462. The van der Waals surface area contributed by atoms with Crippen molar-refractivity contribution in [3.05, 3.63) is 29.8 Å². The molecule has 1 heterocycles. The standard InChI is InChI=1S/C13H16O3S/c1-17-9-8-16-13(14)11-6-7-15-12-5-3-2-4-10(11)12/h2-5,11H,6-9H2,1H3/t11-/m1/s1. The Hall–Kier alpha value is -1.16. The van der Waals surface area contributed by atoms with Crippen molar-refractivity contribution in [2.45, 2.75) is 12.3 Å². The molecule has 0 N–H and O–H groups in total. The van der Waals surface area contributed by atoms with E-state index < -0.39 is 0 Å². The Morgan fingerprint density at radius 2 is 2.35 bits per heavy atom. The van der Waals surface area contributed by atoms with Crippen LogP contribution in [0.1, 0.15) is 17.9 Å². The molecule has 92 valence electrons. The highest BCUT2D eigenvalue weighted by Crippen LogP contribution is 2.33. The monoisotopic (exact) mass is 252 g/mol. The normalized spacial score (nSPS) is 18.1. The van der Waals surface area contributed by atoms with Crippen molar-refractivity contribution in [1.29, 1.82) is 0 Å². The second kappa shape index (κ2) is 5.96. The fourth-order valence-corrected chi connectivity index (χ4v) is 2.16. The van der Waals surface area contributed by atoms with Crippen LogP contribution in [-0.2, 0) is 9.53 Å². The van der Waals surface area contributed by atoms with Crippen LogP contribution in [0.3, 0.4) is 0 Å². The van der Waals surface area contributed by atoms with E-state index in [-0.39, 0.29) is 11.9 Å². The molecule has 0 unspecified atom stereocenters. The van der Waals surface area contributed by atoms with Gasteiger partial charge in [0.15, 0.2) is 0 Å². The molecule has 1 aliphatic rings. The molecule has 0 radical (unpaired) electrons. The van der Waals surface area contributed by atoms with E-state index in [1.54, 1.807) is 11.8 Å². The van der Waals surface area contributed by atoms with E-state index >= 15 is 0 Å². The topological polar surface area (TPSA) is 35.5 Å². The summed E-state index contributed by atoms with van der Waals surface area (Å²) in [5, 5.41) is 0. The maximum atomic E-state index is 11.9. The number of fused-ring (bicyclic) bond motifs is 1. The van der Waals surface area contributed by atoms with Gasteiger partial charge in [-0.3, -0.25) is 4.79 Å². The van der Waals surface area contributed by atoms with E-state index in [2.05, 4.69) is 0 Å². The Morgan fingerprint density at radius 1 is 1.53 bits per heavy atom. The van der Waals surface area contributed by atoms with Gasteiger partial charge in [0.2, 0.25) is 0 Å². The van der Waals surface area contributed by atoms with Gasteiger partial charge in [-0.05, 0) is 18.7 Å². The van der Waals surface area contributed by atoms with Crippen LogP contribution in [0, 0.1) is 0 Å². The van der Waals surface area contributed by atoms with Gasteiger partial charge < -0.3 is 9.47 Å². The van der Waals surface area contributed by atoms with Crippen LogP contribution in [0.2, 0.25) is 0 Å². The molecule has 3 nitrogen and oxygen atoms in total. The van der Waals surface area contributed by atoms with Gasteiger partial charge in [-0.2, -0.15) is 11.8 Å². The zero-order chi connectivity index (χ0) is 12.1. The van der Waals surface area contributed by atoms with Crippen LogP contribution < -0.4 is 4.74 Å². The van der Waals surface area contributed by atoms with Gasteiger partial charge in [-0.25, -0.2) is 0 Å². The summed E-state index contributed by atoms with van der Waals surface area (Å²) in [6.45, 7) is 1.07. The van der Waals surface area contributed by atoms with E-state index in [4.69, 9.17) is 9.47 Å². The zero-order valence-electron chi connectivity index (χ0n) is 9.85. The number of carbonyl (C=O) groups is 1. The molecule has 0 saturated carbocycles. The fourth-order valence-electron chi connectivity index (χ4n) is 1.91. The molecule has 1 atom stereocenters. The summed E-state index contributed by atoms with van der Waals surface area (Å²) < 4.78 is 10.8.